The van der Waals surface area contributed by atoms with E-state index in [1.54, 1.807) is 18.2 Å². The van der Waals surface area contributed by atoms with E-state index in [9.17, 15) is 9.90 Å². The number of nitrogens with one attached hydrogen (secondary N) is 1. The average molecular weight is 285 g/mol. The molecule has 0 unspecified atom stereocenters. The highest BCUT2D eigenvalue weighted by molar-refractivity contribution is 5.87. The van der Waals surface area contributed by atoms with Crippen LogP contribution in [0.5, 0.6) is 5.75 Å². The summed E-state index contributed by atoms with van der Waals surface area (Å²) in [6.45, 7) is 1.62. The first-order valence-corrected chi connectivity index (χ1v) is 6.96. The van der Waals surface area contributed by atoms with Gasteiger partial charge < -0.3 is 15.5 Å². The Balaban J connectivity index is 1.70. The maximum atomic E-state index is 10.7. The lowest BCUT2D eigenvalue weighted by molar-refractivity contribution is 0.0697. The Morgan fingerprint density at radius 3 is 2.29 bits per heavy atom. The van der Waals surface area contributed by atoms with Gasteiger partial charge in [0.05, 0.1) is 5.56 Å². The lowest BCUT2D eigenvalue weighted by Crippen LogP contribution is -2.20. The predicted molar refractivity (Wildman–Crippen MR) is 81.8 cm³/mol. The van der Waals surface area contributed by atoms with E-state index in [0.29, 0.717) is 11.3 Å². The van der Waals surface area contributed by atoms with Gasteiger partial charge in [0.15, 0.2) is 0 Å². The molecule has 2 rings (SSSR count). The van der Waals surface area contributed by atoms with E-state index in [4.69, 9.17) is 5.11 Å². The second-order valence-corrected chi connectivity index (χ2v) is 4.88. The molecular weight excluding hydrogens is 266 g/mol. The second-order valence-electron chi connectivity index (χ2n) is 4.88. The minimum atomic E-state index is -0.901. The molecule has 0 aromatic heterocycles. The van der Waals surface area contributed by atoms with E-state index in [1.807, 2.05) is 30.3 Å². The molecule has 0 heterocycles. The van der Waals surface area contributed by atoms with Crippen molar-refractivity contribution in [3.05, 3.63) is 65.2 Å². The van der Waals surface area contributed by atoms with Crippen molar-refractivity contribution in [2.24, 2.45) is 0 Å². The van der Waals surface area contributed by atoms with Crippen molar-refractivity contribution in [1.29, 1.82) is 0 Å². The summed E-state index contributed by atoms with van der Waals surface area (Å²) in [6.07, 6.45) is 1.63. The fourth-order valence-corrected chi connectivity index (χ4v) is 2.12. The number of phenols is 1. The zero-order chi connectivity index (χ0) is 15.1. The number of hydrogen-bond acceptors (Lipinski definition) is 3. The van der Waals surface area contributed by atoms with E-state index in [1.165, 1.54) is 0 Å². The molecular formula is C17H19NO3. The first-order chi connectivity index (χ1) is 10.2. The summed E-state index contributed by atoms with van der Waals surface area (Å²) < 4.78 is 0. The average Bonchev–Trinajstić information content (AvgIpc) is 2.49. The van der Waals surface area contributed by atoms with Crippen LogP contribution < -0.4 is 5.32 Å². The SMILES string of the molecule is O=C(O)c1ccc(CCNCCc2ccccc2O)cc1. The maximum absolute atomic E-state index is 10.7. The molecule has 2 aromatic carbocycles. The van der Waals surface area contributed by atoms with Gasteiger partial charge >= 0.3 is 5.97 Å². The van der Waals surface area contributed by atoms with Crippen molar-refractivity contribution in [3.8, 4) is 5.75 Å². The number of para-hydroxylation sites is 1. The summed E-state index contributed by atoms with van der Waals surface area (Å²) in [5.41, 5.74) is 2.36. The number of phenolic OH excluding ortho intramolecular Hbond substituents is 1. The summed E-state index contributed by atoms with van der Waals surface area (Å²) in [7, 11) is 0. The molecule has 0 bridgehead atoms. The topological polar surface area (TPSA) is 69.6 Å². The molecule has 4 heteroatoms. The van der Waals surface area contributed by atoms with E-state index in [0.717, 1.165) is 37.1 Å². The monoisotopic (exact) mass is 285 g/mol. The Morgan fingerprint density at radius 1 is 0.952 bits per heavy atom. The van der Waals surface area contributed by atoms with E-state index in [-0.39, 0.29) is 0 Å². The molecule has 3 N–H and O–H groups in total. The van der Waals surface area contributed by atoms with Gasteiger partial charge in [-0.1, -0.05) is 30.3 Å². The Labute approximate surface area is 124 Å². The summed E-state index contributed by atoms with van der Waals surface area (Å²) in [5.74, 6) is -0.564. The van der Waals surface area contributed by atoms with E-state index < -0.39 is 5.97 Å². The highest BCUT2D eigenvalue weighted by Crippen LogP contribution is 2.15. The quantitative estimate of drug-likeness (QED) is 0.684. The van der Waals surface area contributed by atoms with Crippen molar-refractivity contribution in [1.82, 2.24) is 5.32 Å². The molecule has 21 heavy (non-hydrogen) atoms. The van der Waals surface area contributed by atoms with Gasteiger partial charge in [-0.15, -0.1) is 0 Å². The number of carboxylic acid groups (broad SMARTS) is 1. The molecule has 0 amide bonds. The lowest BCUT2D eigenvalue weighted by Gasteiger charge is -2.07. The van der Waals surface area contributed by atoms with Gasteiger partial charge in [-0.2, -0.15) is 0 Å². The molecule has 0 saturated heterocycles. The molecule has 0 aliphatic heterocycles. The third kappa shape index (κ3) is 4.61. The number of carbonyl (C=O) groups is 1. The Bertz CT molecular complexity index is 593. The highest BCUT2D eigenvalue weighted by atomic mass is 16.4. The summed E-state index contributed by atoms with van der Waals surface area (Å²) >= 11 is 0. The molecule has 4 nitrogen and oxygen atoms in total. The highest BCUT2D eigenvalue weighted by Gasteiger charge is 2.02. The minimum Gasteiger partial charge on any atom is -0.508 e. The largest absolute Gasteiger partial charge is 0.508 e. The number of carboxylic acids is 1. The van der Waals surface area contributed by atoms with Crippen LogP contribution in [-0.2, 0) is 12.8 Å². The molecule has 110 valence electrons. The van der Waals surface area contributed by atoms with Gasteiger partial charge in [0.2, 0.25) is 0 Å². The van der Waals surface area contributed by atoms with Crippen LogP contribution in [-0.4, -0.2) is 29.3 Å². The van der Waals surface area contributed by atoms with Crippen LogP contribution in [0.15, 0.2) is 48.5 Å². The third-order valence-electron chi connectivity index (χ3n) is 3.35. The normalized spacial score (nSPS) is 10.5. The fraction of sp³-hybridized carbons (Fsp3) is 0.235. The smallest absolute Gasteiger partial charge is 0.335 e. The standard InChI is InChI=1S/C17H19NO3/c19-16-4-2-1-3-14(16)10-12-18-11-9-13-5-7-15(8-6-13)17(20)21/h1-8,18-19H,9-12H2,(H,20,21). The van der Waals surface area contributed by atoms with Crippen molar-refractivity contribution in [2.45, 2.75) is 12.8 Å². The molecule has 0 radical (unpaired) electrons. The zero-order valence-corrected chi connectivity index (χ0v) is 11.7. The van der Waals surface area contributed by atoms with Crippen molar-refractivity contribution in [2.75, 3.05) is 13.1 Å². The van der Waals surface area contributed by atoms with Crippen LogP contribution in [0.25, 0.3) is 0 Å². The van der Waals surface area contributed by atoms with Crippen molar-refractivity contribution in [3.63, 3.8) is 0 Å². The summed E-state index contributed by atoms with van der Waals surface area (Å²) in [4.78, 5) is 10.7. The van der Waals surface area contributed by atoms with Crippen LogP contribution >= 0.6 is 0 Å². The number of hydrogen-bond donors (Lipinski definition) is 3. The van der Waals surface area contributed by atoms with Crippen LogP contribution in [0.4, 0.5) is 0 Å². The van der Waals surface area contributed by atoms with Crippen molar-refractivity contribution < 1.29 is 15.0 Å². The van der Waals surface area contributed by atoms with Crippen molar-refractivity contribution >= 4 is 5.97 Å². The molecule has 0 saturated carbocycles. The molecule has 0 spiro atoms. The number of rotatable bonds is 7. The van der Waals surface area contributed by atoms with Gasteiger partial charge in [0, 0.05) is 0 Å². The number of benzene rings is 2. The fourth-order valence-electron chi connectivity index (χ4n) is 2.12. The minimum absolute atomic E-state index is 0.311. The van der Waals surface area contributed by atoms with E-state index >= 15 is 0 Å². The third-order valence-corrected chi connectivity index (χ3v) is 3.35. The summed E-state index contributed by atoms with van der Waals surface area (Å²) in [5, 5.41) is 21.8. The molecule has 0 atom stereocenters. The summed E-state index contributed by atoms with van der Waals surface area (Å²) in [6, 6.07) is 14.3. The van der Waals surface area contributed by atoms with Crippen LogP contribution in [0.2, 0.25) is 0 Å². The number of aromatic hydroxyl groups is 1. The van der Waals surface area contributed by atoms with Gasteiger partial charge in [-0.25, -0.2) is 4.79 Å². The lowest BCUT2D eigenvalue weighted by atomic mass is 10.1. The zero-order valence-electron chi connectivity index (χ0n) is 11.7. The maximum Gasteiger partial charge on any atom is 0.335 e. The second kappa shape index (κ2) is 7.45. The first-order valence-electron chi connectivity index (χ1n) is 6.96. The van der Waals surface area contributed by atoms with Gasteiger partial charge in [0.25, 0.3) is 0 Å². The molecule has 0 fully saturated rings. The predicted octanol–water partition coefficient (Wildman–Crippen LogP) is 2.47. The molecule has 0 aliphatic rings. The van der Waals surface area contributed by atoms with Gasteiger partial charge in [-0.05, 0) is 55.3 Å². The first kappa shape index (κ1) is 15.1. The number of aromatic carboxylic acids is 1. The Kier molecular flexibility index (Phi) is 5.35. The van der Waals surface area contributed by atoms with Gasteiger partial charge in [-0.3, -0.25) is 0 Å². The Morgan fingerprint density at radius 2 is 1.62 bits per heavy atom. The van der Waals surface area contributed by atoms with E-state index in [2.05, 4.69) is 5.32 Å². The van der Waals surface area contributed by atoms with Crippen LogP contribution in [0.1, 0.15) is 21.5 Å². The van der Waals surface area contributed by atoms with Crippen LogP contribution in [0.3, 0.4) is 0 Å². The molecule has 0 aliphatic carbocycles. The molecule has 2 aromatic rings. The van der Waals surface area contributed by atoms with Gasteiger partial charge in [0.1, 0.15) is 5.75 Å². The Hall–Kier alpha value is -2.33. The van der Waals surface area contributed by atoms with Crippen LogP contribution in [0, 0.1) is 0 Å².